The van der Waals surface area contributed by atoms with Crippen molar-refractivity contribution in [2.24, 2.45) is 0 Å². The van der Waals surface area contributed by atoms with Crippen molar-refractivity contribution < 1.29 is 9.59 Å². The molecule has 0 aromatic heterocycles. The standard InChI is InChI=1S/C23H29ClN2O2S/c1-16(2)25-23(28)18(4)26(15-19-7-5-6-17(3)14-19)22(27)12-13-29-21-10-8-20(24)9-11-21/h5-11,14,16,18H,12-13,15H2,1-4H3,(H,25,28)/t18-/m0/s1. The fraction of sp³-hybridized carbons (Fsp3) is 0.391. The minimum absolute atomic E-state index is 0.0284. The summed E-state index contributed by atoms with van der Waals surface area (Å²) in [5.41, 5.74) is 2.15. The van der Waals surface area contributed by atoms with E-state index in [0.717, 1.165) is 16.0 Å². The molecule has 156 valence electrons. The number of carbonyl (C=O) groups excluding carboxylic acids is 2. The SMILES string of the molecule is Cc1cccc(CN(C(=O)CCSc2ccc(Cl)cc2)[C@@H](C)C(=O)NC(C)C)c1. The normalized spacial score (nSPS) is 11.9. The summed E-state index contributed by atoms with van der Waals surface area (Å²) in [6, 6.07) is 15.1. The third-order valence-corrected chi connectivity index (χ3v) is 5.70. The number of nitrogens with one attached hydrogen (secondary N) is 1. The summed E-state index contributed by atoms with van der Waals surface area (Å²) in [6.07, 6.45) is 0.360. The van der Waals surface area contributed by atoms with Gasteiger partial charge in [-0.1, -0.05) is 41.4 Å². The predicted molar refractivity (Wildman–Crippen MR) is 121 cm³/mol. The Bertz CT molecular complexity index is 824. The molecular weight excluding hydrogens is 404 g/mol. The molecule has 29 heavy (non-hydrogen) atoms. The lowest BCUT2D eigenvalue weighted by Crippen LogP contribution is -2.49. The molecule has 0 aliphatic carbocycles. The molecule has 2 amide bonds. The number of hydrogen-bond donors (Lipinski definition) is 1. The summed E-state index contributed by atoms with van der Waals surface area (Å²) in [7, 11) is 0. The van der Waals surface area contributed by atoms with Crippen molar-refractivity contribution in [2.45, 2.75) is 57.6 Å². The molecule has 0 aliphatic heterocycles. The highest BCUT2D eigenvalue weighted by molar-refractivity contribution is 7.99. The molecule has 2 rings (SSSR count). The monoisotopic (exact) mass is 432 g/mol. The van der Waals surface area contributed by atoms with E-state index in [1.54, 1.807) is 23.6 Å². The van der Waals surface area contributed by atoms with Crippen LogP contribution < -0.4 is 5.32 Å². The zero-order chi connectivity index (χ0) is 21.4. The summed E-state index contributed by atoms with van der Waals surface area (Å²) >= 11 is 7.53. The van der Waals surface area contributed by atoms with Crippen LogP contribution in [0.4, 0.5) is 0 Å². The third-order valence-electron chi connectivity index (χ3n) is 4.43. The first kappa shape index (κ1) is 23.3. The molecule has 0 unspecified atom stereocenters. The molecule has 1 N–H and O–H groups in total. The first-order chi connectivity index (χ1) is 13.8. The molecule has 0 saturated heterocycles. The highest BCUT2D eigenvalue weighted by Gasteiger charge is 2.26. The van der Waals surface area contributed by atoms with E-state index >= 15 is 0 Å². The van der Waals surface area contributed by atoms with Crippen LogP contribution in [0.2, 0.25) is 5.02 Å². The Hall–Kier alpha value is -1.98. The van der Waals surface area contributed by atoms with Crippen molar-refractivity contribution in [1.29, 1.82) is 0 Å². The minimum atomic E-state index is -0.536. The molecule has 2 aromatic carbocycles. The van der Waals surface area contributed by atoms with Gasteiger partial charge in [0.1, 0.15) is 6.04 Å². The largest absolute Gasteiger partial charge is 0.352 e. The summed E-state index contributed by atoms with van der Waals surface area (Å²) in [5, 5.41) is 3.61. The van der Waals surface area contributed by atoms with E-state index in [1.165, 1.54) is 0 Å². The number of aryl methyl sites for hydroxylation is 1. The molecule has 4 nitrogen and oxygen atoms in total. The van der Waals surface area contributed by atoms with Crippen LogP contribution in [0.3, 0.4) is 0 Å². The second kappa shape index (κ2) is 11.3. The van der Waals surface area contributed by atoms with Gasteiger partial charge in [0.05, 0.1) is 0 Å². The summed E-state index contributed by atoms with van der Waals surface area (Å²) in [4.78, 5) is 28.3. The topological polar surface area (TPSA) is 49.4 Å². The Morgan fingerprint density at radius 2 is 1.79 bits per heavy atom. The molecule has 0 fully saturated rings. The number of amides is 2. The Kier molecular flexibility index (Phi) is 9.05. The average molecular weight is 433 g/mol. The van der Waals surface area contributed by atoms with Crippen LogP contribution in [-0.4, -0.2) is 34.6 Å². The third kappa shape index (κ3) is 7.75. The Labute approximate surface area is 183 Å². The van der Waals surface area contributed by atoms with Gasteiger partial charge in [-0.3, -0.25) is 9.59 Å². The highest BCUT2D eigenvalue weighted by atomic mass is 35.5. The van der Waals surface area contributed by atoms with E-state index in [2.05, 4.69) is 11.4 Å². The molecule has 0 bridgehead atoms. The molecule has 0 saturated carbocycles. The number of nitrogens with zero attached hydrogens (tertiary/aromatic N) is 1. The van der Waals surface area contributed by atoms with Crippen molar-refractivity contribution in [3.05, 3.63) is 64.7 Å². The van der Waals surface area contributed by atoms with Crippen molar-refractivity contribution >= 4 is 35.2 Å². The van der Waals surface area contributed by atoms with E-state index in [9.17, 15) is 9.59 Å². The number of rotatable bonds is 9. The van der Waals surface area contributed by atoms with Crippen LogP contribution in [0.5, 0.6) is 0 Å². The van der Waals surface area contributed by atoms with Crippen LogP contribution in [0, 0.1) is 6.92 Å². The van der Waals surface area contributed by atoms with Gasteiger partial charge in [-0.15, -0.1) is 11.8 Å². The molecule has 2 aromatic rings. The summed E-state index contributed by atoms with van der Waals surface area (Å²) in [6.45, 7) is 8.06. The van der Waals surface area contributed by atoms with Crippen molar-refractivity contribution in [2.75, 3.05) is 5.75 Å². The average Bonchev–Trinajstić information content (AvgIpc) is 2.66. The van der Waals surface area contributed by atoms with Gasteiger partial charge in [0.15, 0.2) is 0 Å². The van der Waals surface area contributed by atoms with Crippen LogP contribution in [-0.2, 0) is 16.1 Å². The second-order valence-electron chi connectivity index (χ2n) is 7.40. The van der Waals surface area contributed by atoms with Gasteiger partial charge >= 0.3 is 0 Å². The summed E-state index contributed by atoms with van der Waals surface area (Å²) < 4.78 is 0. The van der Waals surface area contributed by atoms with Crippen molar-refractivity contribution in [3.63, 3.8) is 0 Å². The second-order valence-corrected chi connectivity index (χ2v) is 9.01. The number of hydrogen-bond acceptors (Lipinski definition) is 3. The van der Waals surface area contributed by atoms with E-state index in [1.807, 2.05) is 63.2 Å². The number of halogens is 1. The lowest BCUT2D eigenvalue weighted by molar-refractivity contribution is -0.140. The first-order valence-corrected chi connectivity index (χ1v) is 11.2. The minimum Gasteiger partial charge on any atom is -0.352 e. The molecule has 0 spiro atoms. The van der Waals surface area contributed by atoms with Gasteiger partial charge in [0, 0.05) is 34.7 Å². The van der Waals surface area contributed by atoms with E-state index in [-0.39, 0.29) is 17.9 Å². The zero-order valence-corrected chi connectivity index (χ0v) is 19.0. The smallest absolute Gasteiger partial charge is 0.242 e. The van der Waals surface area contributed by atoms with Gasteiger partial charge in [-0.25, -0.2) is 0 Å². The maximum absolute atomic E-state index is 13.0. The van der Waals surface area contributed by atoms with Crippen LogP contribution in [0.1, 0.15) is 38.3 Å². The number of thioether (sulfide) groups is 1. The van der Waals surface area contributed by atoms with Gasteiger partial charge in [0.25, 0.3) is 0 Å². The molecule has 0 radical (unpaired) electrons. The van der Waals surface area contributed by atoms with Crippen LogP contribution in [0.15, 0.2) is 53.4 Å². The molecule has 0 heterocycles. The highest BCUT2D eigenvalue weighted by Crippen LogP contribution is 2.22. The van der Waals surface area contributed by atoms with Crippen LogP contribution in [0.25, 0.3) is 0 Å². The maximum atomic E-state index is 13.0. The number of carbonyl (C=O) groups is 2. The predicted octanol–water partition coefficient (Wildman–Crippen LogP) is 5.07. The van der Waals surface area contributed by atoms with Crippen LogP contribution >= 0.6 is 23.4 Å². The maximum Gasteiger partial charge on any atom is 0.242 e. The van der Waals surface area contributed by atoms with Gasteiger partial charge < -0.3 is 10.2 Å². The van der Waals surface area contributed by atoms with E-state index < -0.39 is 6.04 Å². The van der Waals surface area contributed by atoms with Gasteiger partial charge in [-0.2, -0.15) is 0 Å². The molecule has 0 aliphatic rings. The Morgan fingerprint density at radius 1 is 1.10 bits per heavy atom. The number of benzene rings is 2. The van der Waals surface area contributed by atoms with Crippen molar-refractivity contribution in [3.8, 4) is 0 Å². The zero-order valence-electron chi connectivity index (χ0n) is 17.4. The van der Waals surface area contributed by atoms with E-state index in [4.69, 9.17) is 11.6 Å². The first-order valence-electron chi connectivity index (χ1n) is 9.80. The molecule has 6 heteroatoms. The lowest BCUT2D eigenvalue weighted by atomic mass is 10.1. The quantitative estimate of drug-likeness (QED) is 0.562. The van der Waals surface area contributed by atoms with Gasteiger partial charge in [0.2, 0.25) is 11.8 Å². The fourth-order valence-corrected chi connectivity index (χ4v) is 3.89. The molecule has 1 atom stereocenters. The lowest BCUT2D eigenvalue weighted by Gasteiger charge is -2.29. The Balaban J connectivity index is 2.06. The van der Waals surface area contributed by atoms with E-state index in [0.29, 0.717) is 23.7 Å². The van der Waals surface area contributed by atoms with Crippen molar-refractivity contribution in [1.82, 2.24) is 10.2 Å². The molecular formula is C23H29ClN2O2S. The summed E-state index contributed by atoms with van der Waals surface area (Å²) in [5.74, 6) is 0.481. The Morgan fingerprint density at radius 3 is 2.41 bits per heavy atom. The fourth-order valence-electron chi connectivity index (χ4n) is 2.93. The van der Waals surface area contributed by atoms with Gasteiger partial charge in [-0.05, 0) is 57.5 Å².